The molecule has 2 aromatic heterocycles. The summed E-state index contributed by atoms with van der Waals surface area (Å²) in [7, 11) is -3.67. The van der Waals surface area contributed by atoms with Gasteiger partial charge in [-0.05, 0) is 47.0 Å². The minimum atomic E-state index is -3.67. The van der Waals surface area contributed by atoms with Gasteiger partial charge in [0.05, 0.1) is 22.9 Å². The molecule has 142 valence electrons. The Kier molecular flexibility index (Phi) is 4.46. The molecule has 1 aliphatic rings. The van der Waals surface area contributed by atoms with Crippen molar-refractivity contribution in [2.24, 2.45) is 0 Å². The zero-order valence-corrected chi connectivity index (χ0v) is 16.9. The van der Waals surface area contributed by atoms with Gasteiger partial charge in [0.15, 0.2) is 11.5 Å². The van der Waals surface area contributed by atoms with Crippen molar-refractivity contribution < 1.29 is 13.5 Å². The molecule has 1 unspecified atom stereocenters. The minimum absolute atomic E-state index is 0.121. The predicted octanol–water partition coefficient (Wildman–Crippen LogP) is 1.80. The van der Waals surface area contributed by atoms with Crippen LogP contribution in [0, 0.1) is 6.92 Å². The van der Waals surface area contributed by atoms with E-state index in [1.165, 1.54) is 4.31 Å². The van der Waals surface area contributed by atoms with Crippen LogP contribution in [0.15, 0.2) is 40.1 Å². The number of nitrogens with two attached hydrogens (primary N) is 1. The normalized spacial score (nSPS) is 18.4. The number of aromatic nitrogens is 3. The first-order valence-electron chi connectivity index (χ1n) is 8.35. The summed E-state index contributed by atoms with van der Waals surface area (Å²) >= 11 is 3.32. The van der Waals surface area contributed by atoms with Gasteiger partial charge in [0, 0.05) is 24.8 Å². The van der Waals surface area contributed by atoms with E-state index in [4.69, 9.17) is 5.73 Å². The molecule has 27 heavy (non-hydrogen) atoms. The second-order valence-electron chi connectivity index (χ2n) is 6.57. The molecule has 10 heteroatoms. The molecule has 8 nitrogen and oxygen atoms in total. The standard InChI is InChI=1S/C17H18BrN5O3S/c1-10-2-3-12(27(25,26)22-5-4-11(24)8-22)6-13(10)14-7-20-17-16(19)21-15(18)9-23(14)17/h2-3,6-7,9,11,24H,4-5,8H2,1H3,(H2,19,21). The highest BCUT2D eigenvalue weighted by atomic mass is 79.9. The Morgan fingerprint density at radius 1 is 1.37 bits per heavy atom. The van der Waals surface area contributed by atoms with Crippen LogP contribution in [-0.2, 0) is 10.0 Å². The second kappa shape index (κ2) is 6.55. The summed E-state index contributed by atoms with van der Waals surface area (Å²) in [6.45, 7) is 2.35. The van der Waals surface area contributed by atoms with Crippen LogP contribution in [0.25, 0.3) is 16.9 Å². The molecular weight excluding hydrogens is 434 g/mol. The highest BCUT2D eigenvalue weighted by molar-refractivity contribution is 9.10. The van der Waals surface area contributed by atoms with Gasteiger partial charge in [0.1, 0.15) is 4.60 Å². The molecule has 0 aliphatic carbocycles. The maximum atomic E-state index is 12.9. The van der Waals surface area contributed by atoms with Gasteiger partial charge in [-0.15, -0.1) is 0 Å². The van der Waals surface area contributed by atoms with E-state index >= 15 is 0 Å². The van der Waals surface area contributed by atoms with Crippen molar-refractivity contribution in [2.45, 2.75) is 24.3 Å². The summed E-state index contributed by atoms with van der Waals surface area (Å²) in [4.78, 5) is 8.64. The minimum Gasteiger partial charge on any atom is -0.392 e. The quantitative estimate of drug-likeness (QED) is 0.627. The molecule has 3 N–H and O–H groups in total. The molecule has 1 aliphatic heterocycles. The van der Waals surface area contributed by atoms with E-state index < -0.39 is 16.1 Å². The number of benzene rings is 1. The van der Waals surface area contributed by atoms with Gasteiger partial charge in [-0.25, -0.2) is 18.4 Å². The summed E-state index contributed by atoms with van der Waals surface area (Å²) in [5.41, 5.74) is 8.80. The lowest BCUT2D eigenvalue weighted by Gasteiger charge is -2.17. The number of nitrogens with zero attached hydrogens (tertiary/aromatic N) is 4. The lowest BCUT2D eigenvalue weighted by atomic mass is 10.1. The summed E-state index contributed by atoms with van der Waals surface area (Å²) in [5, 5.41) is 9.69. The lowest BCUT2D eigenvalue weighted by Crippen LogP contribution is -2.29. The van der Waals surface area contributed by atoms with Gasteiger partial charge in [-0.1, -0.05) is 6.07 Å². The summed E-state index contributed by atoms with van der Waals surface area (Å²) in [5.74, 6) is 0.281. The van der Waals surface area contributed by atoms with Gasteiger partial charge >= 0.3 is 0 Å². The number of sulfonamides is 1. The molecular formula is C17H18BrN5O3S. The van der Waals surface area contributed by atoms with E-state index in [0.717, 1.165) is 16.8 Å². The third-order valence-electron chi connectivity index (χ3n) is 4.74. The first kappa shape index (κ1) is 18.4. The van der Waals surface area contributed by atoms with Crippen LogP contribution in [0.3, 0.4) is 0 Å². The smallest absolute Gasteiger partial charge is 0.243 e. The Labute approximate surface area is 164 Å². The van der Waals surface area contributed by atoms with Crippen molar-refractivity contribution in [3.05, 3.63) is 40.8 Å². The third kappa shape index (κ3) is 3.12. The molecule has 1 aromatic carbocycles. The predicted molar refractivity (Wildman–Crippen MR) is 105 cm³/mol. The number of hydrogen-bond acceptors (Lipinski definition) is 6. The number of aryl methyl sites for hydroxylation is 1. The maximum absolute atomic E-state index is 12.9. The molecule has 0 saturated carbocycles. The summed E-state index contributed by atoms with van der Waals surface area (Å²) in [6, 6.07) is 5.00. The van der Waals surface area contributed by atoms with Crippen LogP contribution in [0.1, 0.15) is 12.0 Å². The first-order valence-corrected chi connectivity index (χ1v) is 10.6. The van der Waals surface area contributed by atoms with E-state index in [1.807, 2.05) is 6.92 Å². The van der Waals surface area contributed by atoms with Crippen molar-refractivity contribution in [3.8, 4) is 11.3 Å². The molecule has 4 rings (SSSR count). The monoisotopic (exact) mass is 451 g/mol. The van der Waals surface area contributed by atoms with Gasteiger partial charge in [-0.2, -0.15) is 4.31 Å². The maximum Gasteiger partial charge on any atom is 0.243 e. The number of nitrogen functional groups attached to an aromatic ring is 1. The van der Waals surface area contributed by atoms with Gasteiger partial charge < -0.3 is 10.8 Å². The third-order valence-corrected chi connectivity index (χ3v) is 6.98. The van der Waals surface area contributed by atoms with Crippen molar-refractivity contribution in [1.82, 2.24) is 18.7 Å². The average molecular weight is 452 g/mol. The van der Waals surface area contributed by atoms with E-state index in [0.29, 0.717) is 23.2 Å². The fraction of sp³-hybridized carbons (Fsp3) is 0.294. The largest absolute Gasteiger partial charge is 0.392 e. The number of fused-ring (bicyclic) bond motifs is 1. The Bertz CT molecular complexity index is 1140. The highest BCUT2D eigenvalue weighted by Gasteiger charge is 2.32. The molecule has 0 radical (unpaired) electrons. The van der Waals surface area contributed by atoms with Crippen molar-refractivity contribution >= 4 is 37.4 Å². The number of aliphatic hydroxyl groups is 1. The van der Waals surface area contributed by atoms with Crippen LogP contribution in [0.5, 0.6) is 0 Å². The fourth-order valence-corrected chi connectivity index (χ4v) is 5.21. The zero-order chi connectivity index (χ0) is 19.3. The fourth-order valence-electron chi connectivity index (χ4n) is 3.30. The zero-order valence-electron chi connectivity index (χ0n) is 14.5. The van der Waals surface area contributed by atoms with Crippen molar-refractivity contribution in [2.75, 3.05) is 18.8 Å². The highest BCUT2D eigenvalue weighted by Crippen LogP contribution is 2.30. The van der Waals surface area contributed by atoms with Gasteiger partial charge in [0.25, 0.3) is 0 Å². The molecule has 0 amide bonds. The lowest BCUT2D eigenvalue weighted by molar-refractivity contribution is 0.189. The van der Waals surface area contributed by atoms with E-state index in [9.17, 15) is 13.5 Å². The molecule has 3 heterocycles. The Hall–Kier alpha value is -2.01. The number of aliphatic hydroxyl groups excluding tert-OH is 1. The Morgan fingerprint density at radius 3 is 2.85 bits per heavy atom. The average Bonchev–Trinajstić information content (AvgIpc) is 3.22. The SMILES string of the molecule is Cc1ccc(S(=O)(=O)N2CCC(O)C2)cc1-c1cnc2c(N)nc(Br)cn12. The molecule has 0 spiro atoms. The number of anilines is 1. The Balaban J connectivity index is 1.85. The molecule has 1 saturated heterocycles. The topological polar surface area (TPSA) is 114 Å². The van der Waals surface area contributed by atoms with E-state index in [-0.39, 0.29) is 17.3 Å². The first-order chi connectivity index (χ1) is 12.8. The number of β-amino-alcohol motifs (C(OH)–C–C–N with tert-alkyl or cyclic N) is 1. The number of rotatable bonds is 3. The number of hydrogen-bond donors (Lipinski definition) is 2. The van der Waals surface area contributed by atoms with Crippen molar-refractivity contribution in [1.29, 1.82) is 0 Å². The van der Waals surface area contributed by atoms with Crippen LogP contribution in [0.2, 0.25) is 0 Å². The molecule has 0 bridgehead atoms. The summed E-state index contributed by atoms with van der Waals surface area (Å²) in [6.07, 6.45) is 3.23. The van der Waals surface area contributed by atoms with Crippen LogP contribution >= 0.6 is 15.9 Å². The summed E-state index contributed by atoms with van der Waals surface area (Å²) < 4.78 is 29.5. The number of halogens is 1. The molecule has 1 atom stereocenters. The van der Waals surface area contributed by atoms with E-state index in [1.54, 1.807) is 35.0 Å². The second-order valence-corrected chi connectivity index (χ2v) is 9.32. The van der Waals surface area contributed by atoms with E-state index in [2.05, 4.69) is 25.9 Å². The Morgan fingerprint density at radius 2 is 2.15 bits per heavy atom. The van der Waals surface area contributed by atoms with Gasteiger partial charge in [0.2, 0.25) is 10.0 Å². The van der Waals surface area contributed by atoms with Crippen LogP contribution in [0.4, 0.5) is 5.82 Å². The van der Waals surface area contributed by atoms with Crippen LogP contribution < -0.4 is 5.73 Å². The number of imidazole rings is 1. The van der Waals surface area contributed by atoms with Crippen molar-refractivity contribution in [3.63, 3.8) is 0 Å². The molecule has 1 fully saturated rings. The van der Waals surface area contributed by atoms with Crippen LogP contribution in [-0.4, -0.2) is 51.4 Å². The van der Waals surface area contributed by atoms with Gasteiger partial charge in [-0.3, -0.25) is 4.40 Å². The molecule has 3 aromatic rings.